The molecule has 1 saturated heterocycles. The Morgan fingerprint density at radius 2 is 1.56 bits per heavy atom. The lowest BCUT2D eigenvalue weighted by molar-refractivity contribution is -0.172. The predicted molar refractivity (Wildman–Crippen MR) is 131 cm³/mol. The van der Waals surface area contributed by atoms with E-state index in [0.29, 0.717) is 19.5 Å². The minimum Gasteiger partial charge on any atom is -0.444 e. The lowest BCUT2D eigenvalue weighted by Gasteiger charge is -2.41. The number of esters is 1. The lowest BCUT2D eigenvalue weighted by atomic mass is 9.88. The van der Waals surface area contributed by atoms with E-state index in [1.165, 1.54) is 0 Å². The van der Waals surface area contributed by atoms with Crippen molar-refractivity contribution in [2.45, 2.75) is 77.3 Å². The van der Waals surface area contributed by atoms with Crippen molar-refractivity contribution in [1.29, 1.82) is 0 Å². The quantitative estimate of drug-likeness (QED) is 0.460. The fraction of sp³-hybridized carbons (Fsp3) is 0.500. The Labute approximate surface area is 202 Å². The maximum Gasteiger partial charge on any atom is 0.411 e. The van der Waals surface area contributed by atoms with Crippen LogP contribution in [0.1, 0.15) is 64.5 Å². The van der Waals surface area contributed by atoms with E-state index in [-0.39, 0.29) is 5.41 Å². The molecule has 2 aromatic carbocycles. The highest BCUT2D eigenvalue weighted by Crippen LogP contribution is 2.55. The number of amides is 1. The van der Waals surface area contributed by atoms with Gasteiger partial charge in [0, 0.05) is 18.7 Å². The molecule has 1 spiro atoms. The SMILES string of the molecule is CC(C)(C)OC(=O)N1CCC2(CC2)CC1C(=O)OC(C)(NCc1ccccc1)c1ccccc1. The highest BCUT2D eigenvalue weighted by molar-refractivity contribution is 5.82. The van der Waals surface area contributed by atoms with Gasteiger partial charge in [0.2, 0.25) is 0 Å². The average molecular weight is 465 g/mol. The molecule has 2 atom stereocenters. The van der Waals surface area contributed by atoms with Gasteiger partial charge in [0.25, 0.3) is 0 Å². The fourth-order valence-corrected chi connectivity index (χ4v) is 4.61. The van der Waals surface area contributed by atoms with Crippen molar-refractivity contribution < 1.29 is 19.1 Å². The Kier molecular flexibility index (Phi) is 6.72. The van der Waals surface area contributed by atoms with E-state index >= 15 is 0 Å². The van der Waals surface area contributed by atoms with Crippen LogP contribution in [0.15, 0.2) is 60.7 Å². The highest BCUT2D eigenvalue weighted by atomic mass is 16.6. The van der Waals surface area contributed by atoms with E-state index in [1.807, 2.05) is 88.4 Å². The van der Waals surface area contributed by atoms with Gasteiger partial charge in [-0.2, -0.15) is 0 Å². The van der Waals surface area contributed by atoms with E-state index in [9.17, 15) is 9.59 Å². The molecule has 2 aliphatic rings. The molecule has 0 aromatic heterocycles. The number of hydrogen-bond acceptors (Lipinski definition) is 5. The molecule has 2 aromatic rings. The van der Waals surface area contributed by atoms with Gasteiger partial charge in [0.15, 0.2) is 5.72 Å². The van der Waals surface area contributed by atoms with Gasteiger partial charge in [-0.15, -0.1) is 0 Å². The summed E-state index contributed by atoms with van der Waals surface area (Å²) >= 11 is 0. The van der Waals surface area contributed by atoms with E-state index in [2.05, 4.69) is 5.32 Å². The van der Waals surface area contributed by atoms with Crippen molar-refractivity contribution in [3.05, 3.63) is 71.8 Å². The summed E-state index contributed by atoms with van der Waals surface area (Å²) in [4.78, 5) is 28.2. The minimum atomic E-state index is -1.05. The molecule has 1 aliphatic heterocycles. The van der Waals surface area contributed by atoms with Crippen molar-refractivity contribution in [3.63, 3.8) is 0 Å². The van der Waals surface area contributed by atoms with E-state index in [4.69, 9.17) is 9.47 Å². The van der Waals surface area contributed by atoms with Gasteiger partial charge in [-0.1, -0.05) is 60.7 Å². The second-order valence-electron chi connectivity index (χ2n) is 10.8. The summed E-state index contributed by atoms with van der Waals surface area (Å²) in [6.07, 6.45) is 3.26. The van der Waals surface area contributed by atoms with Crippen LogP contribution in [0, 0.1) is 5.41 Å². The first-order chi connectivity index (χ1) is 16.1. The Morgan fingerprint density at radius 1 is 0.941 bits per heavy atom. The minimum absolute atomic E-state index is 0.156. The lowest BCUT2D eigenvalue weighted by Crippen LogP contribution is -2.55. The second-order valence-corrected chi connectivity index (χ2v) is 10.8. The molecule has 1 N–H and O–H groups in total. The predicted octanol–water partition coefficient (Wildman–Crippen LogP) is 5.37. The molecule has 6 heteroatoms. The molecule has 6 nitrogen and oxygen atoms in total. The van der Waals surface area contributed by atoms with Crippen molar-refractivity contribution in [1.82, 2.24) is 10.2 Å². The number of nitrogens with one attached hydrogen (secondary N) is 1. The third-order valence-electron chi connectivity index (χ3n) is 6.84. The summed E-state index contributed by atoms with van der Waals surface area (Å²) < 4.78 is 11.8. The van der Waals surface area contributed by atoms with Gasteiger partial charge < -0.3 is 9.47 Å². The molecule has 1 aliphatic carbocycles. The molecule has 34 heavy (non-hydrogen) atoms. The number of benzene rings is 2. The Morgan fingerprint density at radius 3 is 2.15 bits per heavy atom. The molecule has 0 radical (unpaired) electrons. The number of rotatable bonds is 6. The second kappa shape index (κ2) is 9.41. The van der Waals surface area contributed by atoms with Crippen molar-refractivity contribution >= 4 is 12.1 Å². The van der Waals surface area contributed by atoms with Gasteiger partial charge in [0.1, 0.15) is 11.6 Å². The van der Waals surface area contributed by atoms with Crippen LogP contribution in [0.5, 0.6) is 0 Å². The summed E-state index contributed by atoms with van der Waals surface area (Å²) in [5, 5.41) is 3.44. The van der Waals surface area contributed by atoms with Crippen LogP contribution in [0.25, 0.3) is 0 Å². The largest absolute Gasteiger partial charge is 0.444 e. The monoisotopic (exact) mass is 464 g/mol. The third-order valence-corrected chi connectivity index (χ3v) is 6.84. The van der Waals surface area contributed by atoms with E-state index in [1.54, 1.807) is 4.90 Å². The summed E-state index contributed by atoms with van der Waals surface area (Å²) in [6.45, 7) is 8.42. The number of likely N-dealkylation sites (tertiary alicyclic amines) is 1. The van der Waals surface area contributed by atoms with Crippen LogP contribution >= 0.6 is 0 Å². The maximum atomic E-state index is 13.7. The molecule has 0 bridgehead atoms. The number of carbonyl (C=O) groups is 2. The normalized spacial score (nSPS) is 20.9. The van der Waals surface area contributed by atoms with Crippen LogP contribution in [0.4, 0.5) is 4.79 Å². The summed E-state index contributed by atoms with van der Waals surface area (Å²) in [5.74, 6) is -0.399. The molecule has 4 rings (SSSR count). The molecule has 1 saturated carbocycles. The topological polar surface area (TPSA) is 67.9 Å². The molecule has 1 heterocycles. The van der Waals surface area contributed by atoms with Crippen LogP contribution in [0.3, 0.4) is 0 Å². The van der Waals surface area contributed by atoms with Gasteiger partial charge in [-0.25, -0.2) is 9.59 Å². The van der Waals surface area contributed by atoms with Crippen LogP contribution < -0.4 is 5.32 Å². The number of carbonyl (C=O) groups excluding carboxylic acids is 2. The Hall–Kier alpha value is -2.86. The van der Waals surface area contributed by atoms with Crippen molar-refractivity contribution in [3.8, 4) is 0 Å². The zero-order valence-corrected chi connectivity index (χ0v) is 20.7. The van der Waals surface area contributed by atoms with Gasteiger partial charge in [-0.05, 0) is 64.4 Å². The van der Waals surface area contributed by atoms with Crippen LogP contribution in [-0.4, -0.2) is 35.2 Å². The summed E-state index contributed by atoms with van der Waals surface area (Å²) in [7, 11) is 0. The zero-order valence-electron chi connectivity index (χ0n) is 20.7. The standard InChI is InChI=1S/C28H36N2O4/c1-26(2,3)34-25(32)30-18-17-28(15-16-28)19-23(30)24(31)33-27(4,22-13-9-6-10-14-22)29-20-21-11-7-5-8-12-21/h5-14,23,29H,15-20H2,1-4H3. The van der Waals surface area contributed by atoms with E-state index < -0.39 is 29.4 Å². The average Bonchev–Trinajstić information content (AvgIpc) is 3.56. The number of nitrogens with zero attached hydrogens (tertiary/aromatic N) is 1. The van der Waals surface area contributed by atoms with Crippen LogP contribution in [0.2, 0.25) is 0 Å². The first kappa shape index (κ1) is 24.3. The Balaban J connectivity index is 1.56. The fourth-order valence-electron chi connectivity index (χ4n) is 4.61. The van der Waals surface area contributed by atoms with Gasteiger partial charge in [-0.3, -0.25) is 10.2 Å². The Bertz CT molecular complexity index is 998. The van der Waals surface area contributed by atoms with Gasteiger partial charge in [0.05, 0.1) is 0 Å². The molecule has 182 valence electrons. The molecular formula is C28H36N2O4. The first-order valence-corrected chi connectivity index (χ1v) is 12.2. The van der Waals surface area contributed by atoms with Gasteiger partial charge >= 0.3 is 12.1 Å². The summed E-state index contributed by atoms with van der Waals surface area (Å²) in [6, 6.07) is 19.0. The highest BCUT2D eigenvalue weighted by Gasteiger charge is 2.52. The van der Waals surface area contributed by atoms with Crippen molar-refractivity contribution in [2.24, 2.45) is 5.41 Å². The molecule has 2 unspecified atom stereocenters. The smallest absolute Gasteiger partial charge is 0.411 e. The van der Waals surface area contributed by atoms with Crippen molar-refractivity contribution in [2.75, 3.05) is 6.54 Å². The summed E-state index contributed by atoms with van der Waals surface area (Å²) in [5.41, 5.74) is 0.409. The number of hydrogen-bond donors (Lipinski definition) is 1. The third kappa shape index (κ3) is 5.79. The number of ether oxygens (including phenoxy) is 2. The van der Waals surface area contributed by atoms with Crippen LogP contribution in [-0.2, 0) is 26.5 Å². The molecule has 1 amide bonds. The number of piperidine rings is 1. The first-order valence-electron chi connectivity index (χ1n) is 12.2. The molecule has 2 fully saturated rings. The van der Waals surface area contributed by atoms with E-state index in [0.717, 1.165) is 30.4 Å². The zero-order chi connectivity index (χ0) is 24.4. The molecular weight excluding hydrogens is 428 g/mol. The maximum absolute atomic E-state index is 13.7.